The lowest BCUT2D eigenvalue weighted by atomic mass is 10.0. The van der Waals surface area contributed by atoms with Gasteiger partial charge in [0, 0.05) is 17.5 Å². The van der Waals surface area contributed by atoms with Crippen molar-refractivity contribution in [1.29, 1.82) is 0 Å². The molecule has 0 aliphatic rings. The van der Waals surface area contributed by atoms with Crippen molar-refractivity contribution >= 4 is 11.0 Å². The van der Waals surface area contributed by atoms with Crippen LogP contribution in [-0.2, 0) is 7.05 Å². The standard InChI is InChI=1S/C16H14NO2/c1-11-12-7-3-4-9-14(12)19-16(18)15(11)13-8-5-6-10-17(13)2/h3-10H,1-2H3/q+1. The number of aryl methyl sites for hydroxylation is 2. The molecule has 0 radical (unpaired) electrons. The molecule has 0 aliphatic carbocycles. The Kier molecular flexibility index (Phi) is 2.67. The maximum Gasteiger partial charge on any atom is 0.350 e. The molecule has 2 heterocycles. The number of para-hydroxylation sites is 1. The lowest BCUT2D eigenvalue weighted by Crippen LogP contribution is -2.32. The quantitative estimate of drug-likeness (QED) is 0.493. The molecule has 0 fully saturated rings. The lowest BCUT2D eigenvalue weighted by Gasteiger charge is -2.05. The zero-order valence-corrected chi connectivity index (χ0v) is 10.9. The summed E-state index contributed by atoms with van der Waals surface area (Å²) in [7, 11) is 1.92. The van der Waals surface area contributed by atoms with Crippen molar-refractivity contribution in [3.63, 3.8) is 0 Å². The maximum absolute atomic E-state index is 12.2. The Morgan fingerprint density at radius 2 is 1.79 bits per heavy atom. The molecule has 94 valence electrons. The van der Waals surface area contributed by atoms with Crippen LogP contribution in [0.15, 0.2) is 57.9 Å². The van der Waals surface area contributed by atoms with E-state index in [-0.39, 0.29) is 5.63 Å². The Balaban J connectivity index is 2.43. The van der Waals surface area contributed by atoms with Crippen molar-refractivity contribution in [2.75, 3.05) is 0 Å². The van der Waals surface area contributed by atoms with Crippen molar-refractivity contribution in [2.45, 2.75) is 6.92 Å². The number of nitrogens with zero attached hydrogens (tertiary/aromatic N) is 1. The van der Waals surface area contributed by atoms with Gasteiger partial charge in [-0.2, -0.15) is 0 Å². The van der Waals surface area contributed by atoms with Gasteiger partial charge >= 0.3 is 5.63 Å². The predicted octanol–water partition coefficient (Wildman–Crippen LogP) is 2.59. The molecule has 1 aromatic carbocycles. The van der Waals surface area contributed by atoms with E-state index in [1.54, 1.807) is 0 Å². The summed E-state index contributed by atoms with van der Waals surface area (Å²) in [5, 5.41) is 0.973. The summed E-state index contributed by atoms with van der Waals surface area (Å²) in [6, 6.07) is 13.4. The summed E-state index contributed by atoms with van der Waals surface area (Å²) >= 11 is 0. The van der Waals surface area contributed by atoms with Gasteiger partial charge in [-0.05, 0) is 24.6 Å². The van der Waals surface area contributed by atoms with Gasteiger partial charge in [0.05, 0.1) is 0 Å². The van der Waals surface area contributed by atoms with Gasteiger partial charge in [0.25, 0.3) is 0 Å². The van der Waals surface area contributed by atoms with Crippen LogP contribution in [0.25, 0.3) is 22.2 Å². The molecule has 0 amide bonds. The highest BCUT2D eigenvalue weighted by molar-refractivity contribution is 5.85. The predicted molar refractivity (Wildman–Crippen MR) is 73.8 cm³/mol. The first-order valence-electron chi connectivity index (χ1n) is 6.16. The van der Waals surface area contributed by atoms with E-state index in [2.05, 4.69) is 0 Å². The Labute approximate surface area is 110 Å². The van der Waals surface area contributed by atoms with Crippen LogP contribution < -0.4 is 10.2 Å². The Morgan fingerprint density at radius 1 is 1.05 bits per heavy atom. The molecule has 3 nitrogen and oxygen atoms in total. The first-order valence-corrected chi connectivity index (χ1v) is 6.16. The average Bonchev–Trinajstić information content (AvgIpc) is 2.41. The average molecular weight is 252 g/mol. The minimum atomic E-state index is -0.294. The highest BCUT2D eigenvalue weighted by Crippen LogP contribution is 2.24. The van der Waals surface area contributed by atoms with Crippen LogP contribution in [0.1, 0.15) is 5.56 Å². The van der Waals surface area contributed by atoms with Crippen molar-refractivity contribution < 1.29 is 8.98 Å². The number of aromatic nitrogens is 1. The molecule has 0 bridgehead atoms. The van der Waals surface area contributed by atoms with Gasteiger partial charge in [0.1, 0.15) is 18.2 Å². The molecule has 2 aromatic heterocycles. The normalized spacial score (nSPS) is 10.8. The topological polar surface area (TPSA) is 34.1 Å². The van der Waals surface area contributed by atoms with E-state index in [9.17, 15) is 4.79 Å². The van der Waals surface area contributed by atoms with Crippen molar-refractivity contribution in [3.05, 3.63) is 64.6 Å². The third kappa shape index (κ3) is 1.83. The molecule has 0 unspecified atom stereocenters. The number of benzene rings is 1. The molecule has 19 heavy (non-hydrogen) atoms. The van der Waals surface area contributed by atoms with Crippen LogP contribution in [0.3, 0.4) is 0 Å². The molecule has 0 spiro atoms. The monoisotopic (exact) mass is 252 g/mol. The second-order valence-electron chi connectivity index (χ2n) is 4.58. The second kappa shape index (κ2) is 4.35. The van der Waals surface area contributed by atoms with Gasteiger partial charge in [0.15, 0.2) is 6.20 Å². The fourth-order valence-electron chi connectivity index (χ4n) is 2.38. The van der Waals surface area contributed by atoms with Gasteiger partial charge in [-0.3, -0.25) is 0 Å². The van der Waals surface area contributed by atoms with Crippen LogP contribution in [-0.4, -0.2) is 0 Å². The van der Waals surface area contributed by atoms with Gasteiger partial charge in [-0.25, -0.2) is 9.36 Å². The fourth-order valence-corrected chi connectivity index (χ4v) is 2.38. The molecule has 0 N–H and O–H groups in total. The molecule has 3 rings (SSSR count). The van der Waals surface area contributed by atoms with Crippen LogP contribution in [0.5, 0.6) is 0 Å². The molecular weight excluding hydrogens is 238 g/mol. The SMILES string of the molecule is Cc1c(-c2cccc[n+]2C)c(=O)oc2ccccc12. The van der Waals surface area contributed by atoms with Crippen LogP contribution in [0.4, 0.5) is 0 Å². The fraction of sp³-hybridized carbons (Fsp3) is 0.125. The van der Waals surface area contributed by atoms with E-state index in [1.165, 1.54) is 0 Å². The third-order valence-electron chi connectivity index (χ3n) is 3.38. The zero-order chi connectivity index (χ0) is 13.4. The molecule has 0 saturated carbocycles. The molecule has 3 aromatic rings. The van der Waals surface area contributed by atoms with Crippen LogP contribution >= 0.6 is 0 Å². The minimum absolute atomic E-state index is 0.294. The number of fused-ring (bicyclic) bond motifs is 1. The number of hydrogen-bond donors (Lipinski definition) is 0. The minimum Gasteiger partial charge on any atom is -0.422 e. The third-order valence-corrected chi connectivity index (χ3v) is 3.38. The lowest BCUT2D eigenvalue weighted by molar-refractivity contribution is -0.660. The van der Waals surface area contributed by atoms with E-state index in [4.69, 9.17) is 4.42 Å². The Morgan fingerprint density at radius 3 is 2.58 bits per heavy atom. The van der Waals surface area contributed by atoms with Crippen LogP contribution in [0.2, 0.25) is 0 Å². The van der Waals surface area contributed by atoms with E-state index in [0.29, 0.717) is 11.1 Å². The summed E-state index contributed by atoms with van der Waals surface area (Å²) in [6.45, 7) is 1.96. The van der Waals surface area contributed by atoms with E-state index < -0.39 is 0 Å². The maximum atomic E-state index is 12.2. The Hall–Kier alpha value is -2.42. The van der Waals surface area contributed by atoms with E-state index in [1.807, 2.05) is 67.2 Å². The molecule has 0 atom stereocenters. The van der Waals surface area contributed by atoms with Gasteiger partial charge < -0.3 is 4.42 Å². The zero-order valence-electron chi connectivity index (χ0n) is 10.9. The van der Waals surface area contributed by atoms with Crippen molar-refractivity contribution in [3.8, 4) is 11.3 Å². The first kappa shape index (κ1) is 11.7. The molecule has 0 saturated heterocycles. The summed E-state index contributed by atoms with van der Waals surface area (Å²) in [6.07, 6.45) is 1.92. The van der Waals surface area contributed by atoms with Gasteiger partial charge in [0.2, 0.25) is 5.69 Å². The summed E-state index contributed by atoms with van der Waals surface area (Å²) < 4.78 is 7.34. The highest BCUT2D eigenvalue weighted by Gasteiger charge is 2.19. The van der Waals surface area contributed by atoms with Gasteiger partial charge in [-0.15, -0.1) is 0 Å². The second-order valence-corrected chi connectivity index (χ2v) is 4.58. The molecule has 3 heteroatoms. The summed E-state index contributed by atoms with van der Waals surface area (Å²) in [5.74, 6) is 0. The van der Waals surface area contributed by atoms with E-state index >= 15 is 0 Å². The highest BCUT2D eigenvalue weighted by atomic mass is 16.4. The van der Waals surface area contributed by atoms with E-state index in [0.717, 1.165) is 16.6 Å². The molecular formula is C16H14NO2+. The van der Waals surface area contributed by atoms with Crippen LogP contribution in [0, 0.1) is 6.92 Å². The van der Waals surface area contributed by atoms with Gasteiger partial charge in [-0.1, -0.05) is 18.2 Å². The molecule has 0 aliphatic heterocycles. The largest absolute Gasteiger partial charge is 0.422 e. The first-order chi connectivity index (χ1) is 9.18. The number of pyridine rings is 1. The number of hydrogen-bond acceptors (Lipinski definition) is 2. The smallest absolute Gasteiger partial charge is 0.350 e. The summed E-state index contributed by atoms with van der Waals surface area (Å²) in [5.41, 5.74) is 2.78. The van der Waals surface area contributed by atoms with Crippen molar-refractivity contribution in [1.82, 2.24) is 0 Å². The number of rotatable bonds is 1. The summed E-state index contributed by atoms with van der Waals surface area (Å²) in [4.78, 5) is 12.2. The Bertz CT molecular complexity index is 818. The van der Waals surface area contributed by atoms with Crippen molar-refractivity contribution in [2.24, 2.45) is 7.05 Å².